The number of carbonyl (C=O) groups is 1. The first-order chi connectivity index (χ1) is 8.41. The molecule has 0 saturated heterocycles. The molecule has 0 aliphatic carbocycles. The highest BCUT2D eigenvalue weighted by atomic mass is 19.4. The highest BCUT2D eigenvalue weighted by molar-refractivity contribution is 5.66. The molecule has 18 heavy (non-hydrogen) atoms. The summed E-state index contributed by atoms with van der Waals surface area (Å²) >= 11 is 0. The minimum Gasteiger partial charge on any atom is -0.481 e. The summed E-state index contributed by atoms with van der Waals surface area (Å²) in [6.45, 7) is 0.0733. The van der Waals surface area contributed by atoms with Crippen LogP contribution in [0.5, 0.6) is 0 Å². The largest absolute Gasteiger partial charge is 0.481 e. The number of alkyl halides is 3. The van der Waals surface area contributed by atoms with E-state index < -0.39 is 17.7 Å². The maximum Gasteiger partial charge on any atom is 0.416 e. The van der Waals surface area contributed by atoms with Gasteiger partial charge in [0.05, 0.1) is 25.2 Å². The highest BCUT2D eigenvalue weighted by Gasteiger charge is 2.32. The van der Waals surface area contributed by atoms with Crippen molar-refractivity contribution in [3.05, 3.63) is 35.4 Å². The number of carboxylic acid groups (broad SMARTS) is 1. The van der Waals surface area contributed by atoms with Crippen LogP contribution in [0.1, 0.15) is 17.5 Å². The van der Waals surface area contributed by atoms with Crippen molar-refractivity contribution in [2.75, 3.05) is 13.2 Å². The van der Waals surface area contributed by atoms with Crippen LogP contribution >= 0.6 is 0 Å². The van der Waals surface area contributed by atoms with Gasteiger partial charge in [-0.2, -0.15) is 13.2 Å². The molecule has 0 aromatic heterocycles. The van der Waals surface area contributed by atoms with Crippen LogP contribution in [-0.2, 0) is 22.1 Å². The number of rotatable bonds is 6. The standard InChI is InChI=1S/C12H13F3O3/c13-12(14,15)10-4-2-1-3-9(10)5-7-18-8-6-11(16)17/h1-4H,5-8H2,(H,16,17). The molecule has 1 aromatic rings. The zero-order valence-electron chi connectivity index (χ0n) is 9.54. The Kier molecular flexibility index (Phi) is 5.15. The molecule has 0 spiro atoms. The highest BCUT2D eigenvalue weighted by Crippen LogP contribution is 2.31. The Labute approximate surface area is 102 Å². The second-order valence-electron chi connectivity index (χ2n) is 3.66. The molecular formula is C12H13F3O3. The van der Waals surface area contributed by atoms with Crippen LogP contribution in [0.15, 0.2) is 24.3 Å². The summed E-state index contributed by atoms with van der Waals surface area (Å²) in [6.07, 6.45) is -4.42. The SMILES string of the molecule is O=C(O)CCOCCc1ccccc1C(F)(F)F. The van der Waals surface area contributed by atoms with Gasteiger partial charge in [-0.3, -0.25) is 4.79 Å². The van der Waals surface area contributed by atoms with Crippen molar-refractivity contribution >= 4 is 5.97 Å². The monoisotopic (exact) mass is 262 g/mol. The Morgan fingerprint density at radius 3 is 2.50 bits per heavy atom. The lowest BCUT2D eigenvalue weighted by Gasteiger charge is -2.12. The summed E-state index contributed by atoms with van der Waals surface area (Å²) in [7, 11) is 0. The molecule has 0 aliphatic heterocycles. The van der Waals surface area contributed by atoms with Crippen LogP contribution in [-0.4, -0.2) is 24.3 Å². The third-order valence-corrected chi connectivity index (χ3v) is 2.30. The maximum atomic E-state index is 12.6. The minimum absolute atomic E-state index is 0.00349. The van der Waals surface area contributed by atoms with Gasteiger partial charge in [0.25, 0.3) is 0 Å². The van der Waals surface area contributed by atoms with Crippen LogP contribution in [0.2, 0.25) is 0 Å². The lowest BCUT2D eigenvalue weighted by atomic mass is 10.0. The molecular weight excluding hydrogens is 249 g/mol. The van der Waals surface area contributed by atoms with E-state index in [4.69, 9.17) is 9.84 Å². The summed E-state index contributed by atoms with van der Waals surface area (Å²) in [5.41, 5.74) is -0.521. The smallest absolute Gasteiger partial charge is 0.416 e. The van der Waals surface area contributed by atoms with E-state index in [0.717, 1.165) is 6.07 Å². The second-order valence-corrected chi connectivity index (χ2v) is 3.66. The molecule has 0 atom stereocenters. The fraction of sp³-hybridized carbons (Fsp3) is 0.417. The topological polar surface area (TPSA) is 46.5 Å². The average Bonchev–Trinajstić information content (AvgIpc) is 2.27. The van der Waals surface area contributed by atoms with E-state index in [1.54, 1.807) is 0 Å². The van der Waals surface area contributed by atoms with E-state index in [-0.39, 0.29) is 31.6 Å². The summed E-state index contributed by atoms with van der Waals surface area (Å²) in [4.78, 5) is 10.2. The maximum absolute atomic E-state index is 12.6. The molecule has 0 unspecified atom stereocenters. The number of benzene rings is 1. The van der Waals surface area contributed by atoms with Crippen LogP contribution < -0.4 is 0 Å². The predicted molar refractivity (Wildman–Crippen MR) is 58.2 cm³/mol. The molecule has 6 heteroatoms. The van der Waals surface area contributed by atoms with Crippen molar-refractivity contribution in [3.8, 4) is 0 Å². The van der Waals surface area contributed by atoms with Crippen molar-refractivity contribution in [1.82, 2.24) is 0 Å². The van der Waals surface area contributed by atoms with E-state index in [1.807, 2.05) is 0 Å². The number of carboxylic acids is 1. The third-order valence-electron chi connectivity index (χ3n) is 2.30. The Hall–Kier alpha value is -1.56. The van der Waals surface area contributed by atoms with E-state index in [0.29, 0.717) is 0 Å². The summed E-state index contributed by atoms with van der Waals surface area (Å²) in [5.74, 6) is -0.995. The zero-order valence-corrected chi connectivity index (χ0v) is 9.54. The Morgan fingerprint density at radius 2 is 1.89 bits per heavy atom. The lowest BCUT2D eigenvalue weighted by Crippen LogP contribution is -2.11. The van der Waals surface area contributed by atoms with Gasteiger partial charge in [-0.15, -0.1) is 0 Å². The molecule has 3 nitrogen and oxygen atoms in total. The summed E-state index contributed by atoms with van der Waals surface area (Å²) < 4.78 is 42.8. The van der Waals surface area contributed by atoms with Gasteiger partial charge in [0.2, 0.25) is 0 Å². The Bertz CT molecular complexity index is 402. The molecule has 1 N–H and O–H groups in total. The van der Waals surface area contributed by atoms with E-state index in [2.05, 4.69) is 0 Å². The first kappa shape index (κ1) is 14.5. The lowest BCUT2D eigenvalue weighted by molar-refractivity contribution is -0.138. The third kappa shape index (κ3) is 4.75. The minimum atomic E-state index is -4.38. The van der Waals surface area contributed by atoms with Crippen LogP contribution in [0, 0.1) is 0 Å². The van der Waals surface area contributed by atoms with Gasteiger partial charge < -0.3 is 9.84 Å². The van der Waals surface area contributed by atoms with Gasteiger partial charge in [0, 0.05) is 0 Å². The van der Waals surface area contributed by atoms with Gasteiger partial charge in [0.15, 0.2) is 0 Å². The van der Waals surface area contributed by atoms with Crippen molar-refractivity contribution < 1.29 is 27.8 Å². The summed E-state index contributed by atoms with van der Waals surface area (Å²) in [6, 6.07) is 5.27. The molecule has 100 valence electrons. The van der Waals surface area contributed by atoms with E-state index in [9.17, 15) is 18.0 Å². The van der Waals surface area contributed by atoms with Gasteiger partial charge >= 0.3 is 12.1 Å². The Balaban J connectivity index is 2.50. The number of hydrogen-bond donors (Lipinski definition) is 1. The number of aliphatic carboxylic acids is 1. The number of hydrogen-bond acceptors (Lipinski definition) is 2. The van der Waals surface area contributed by atoms with Gasteiger partial charge in [-0.05, 0) is 18.1 Å². The Morgan fingerprint density at radius 1 is 1.22 bits per heavy atom. The molecule has 0 saturated carbocycles. The number of halogens is 3. The first-order valence-electron chi connectivity index (χ1n) is 5.36. The predicted octanol–water partition coefficient (Wildman–Crippen LogP) is 2.74. The van der Waals surface area contributed by atoms with Crippen molar-refractivity contribution in [2.24, 2.45) is 0 Å². The molecule has 0 radical (unpaired) electrons. The molecule has 0 fully saturated rings. The molecule has 0 amide bonds. The first-order valence-corrected chi connectivity index (χ1v) is 5.36. The van der Waals surface area contributed by atoms with Gasteiger partial charge in [-0.1, -0.05) is 18.2 Å². The molecule has 0 heterocycles. The van der Waals surface area contributed by atoms with E-state index >= 15 is 0 Å². The molecule has 0 bridgehead atoms. The molecule has 1 rings (SSSR count). The van der Waals surface area contributed by atoms with Gasteiger partial charge in [0.1, 0.15) is 0 Å². The number of ether oxygens (including phenoxy) is 1. The summed E-state index contributed by atoms with van der Waals surface area (Å²) in [5, 5.41) is 8.35. The van der Waals surface area contributed by atoms with Gasteiger partial charge in [-0.25, -0.2) is 0 Å². The molecule has 0 aliphatic rings. The normalized spacial score (nSPS) is 11.5. The van der Waals surface area contributed by atoms with Crippen molar-refractivity contribution in [2.45, 2.75) is 19.0 Å². The fourth-order valence-electron chi connectivity index (χ4n) is 1.46. The second kappa shape index (κ2) is 6.39. The van der Waals surface area contributed by atoms with E-state index in [1.165, 1.54) is 18.2 Å². The van der Waals surface area contributed by atoms with Crippen LogP contribution in [0.3, 0.4) is 0 Å². The quantitative estimate of drug-likeness (QED) is 0.802. The van der Waals surface area contributed by atoms with Crippen molar-refractivity contribution in [3.63, 3.8) is 0 Å². The van der Waals surface area contributed by atoms with Crippen LogP contribution in [0.25, 0.3) is 0 Å². The van der Waals surface area contributed by atoms with Crippen molar-refractivity contribution in [1.29, 1.82) is 0 Å². The zero-order chi connectivity index (χ0) is 13.6. The molecule has 1 aromatic carbocycles. The average molecular weight is 262 g/mol. The van der Waals surface area contributed by atoms with Crippen LogP contribution in [0.4, 0.5) is 13.2 Å². The fourth-order valence-corrected chi connectivity index (χ4v) is 1.46.